The first-order valence-electron chi connectivity index (χ1n) is 8.17. The topological polar surface area (TPSA) is 76.3 Å². The average Bonchev–Trinajstić information content (AvgIpc) is 3.33. The van der Waals surface area contributed by atoms with Crippen molar-refractivity contribution in [2.45, 2.75) is 23.7 Å². The maximum Gasteiger partial charge on any atom is 0.243 e. The van der Waals surface area contributed by atoms with Crippen molar-refractivity contribution in [2.75, 3.05) is 13.1 Å². The predicted octanol–water partition coefficient (Wildman–Crippen LogP) is 3.51. The fourth-order valence-electron chi connectivity index (χ4n) is 3.05. The highest BCUT2D eigenvalue weighted by molar-refractivity contribution is 7.89. The lowest BCUT2D eigenvalue weighted by molar-refractivity contribution is 0.265. The van der Waals surface area contributed by atoms with Gasteiger partial charge in [0.05, 0.1) is 15.7 Å². The van der Waals surface area contributed by atoms with Crippen molar-refractivity contribution >= 4 is 21.4 Å². The Morgan fingerprint density at radius 3 is 2.92 bits per heavy atom. The van der Waals surface area contributed by atoms with E-state index in [2.05, 4.69) is 10.1 Å². The van der Waals surface area contributed by atoms with Gasteiger partial charge in [-0.05, 0) is 42.5 Å². The maximum absolute atomic E-state index is 13.4. The molecule has 0 radical (unpaired) electrons. The number of hydrogen-bond acceptors (Lipinski definition) is 6. The van der Waals surface area contributed by atoms with Crippen LogP contribution < -0.4 is 0 Å². The Balaban J connectivity index is 1.56. The molecule has 1 aliphatic rings. The Hall–Kier alpha value is -2.10. The lowest BCUT2D eigenvalue weighted by Gasteiger charge is -2.30. The second-order valence-corrected chi connectivity index (χ2v) is 8.98. The Bertz CT molecular complexity index is 1000. The fourth-order valence-corrected chi connectivity index (χ4v) is 5.25. The van der Waals surface area contributed by atoms with Gasteiger partial charge in [-0.1, -0.05) is 17.3 Å². The van der Waals surface area contributed by atoms with E-state index in [1.54, 1.807) is 0 Å². The number of halogens is 1. The molecule has 2 aromatic heterocycles. The molecule has 1 atom stereocenters. The summed E-state index contributed by atoms with van der Waals surface area (Å²) in [7, 11) is -3.76. The van der Waals surface area contributed by atoms with Gasteiger partial charge in [0, 0.05) is 13.1 Å². The van der Waals surface area contributed by atoms with Gasteiger partial charge >= 0.3 is 0 Å². The van der Waals surface area contributed by atoms with Crippen LogP contribution in [0.5, 0.6) is 0 Å². The summed E-state index contributed by atoms with van der Waals surface area (Å²) in [5.41, 5.74) is 0. The van der Waals surface area contributed by atoms with Crippen LogP contribution in [0.3, 0.4) is 0 Å². The number of sulfonamides is 1. The zero-order valence-electron chi connectivity index (χ0n) is 13.7. The normalized spacial score (nSPS) is 18.9. The van der Waals surface area contributed by atoms with Gasteiger partial charge in [0.1, 0.15) is 5.82 Å². The quantitative estimate of drug-likeness (QED) is 0.678. The molecule has 0 bridgehead atoms. The largest absolute Gasteiger partial charge is 0.339 e. The van der Waals surface area contributed by atoms with E-state index in [1.165, 1.54) is 33.8 Å². The van der Waals surface area contributed by atoms with E-state index < -0.39 is 15.8 Å². The van der Waals surface area contributed by atoms with Gasteiger partial charge in [-0.15, -0.1) is 11.3 Å². The Kier molecular flexibility index (Phi) is 4.60. The van der Waals surface area contributed by atoms with Gasteiger partial charge in [0.25, 0.3) is 0 Å². The summed E-state index contributed by atoms with van der Waals surface area (Å²) in [5, 5.41) is 5.93. The van der Waals surface area contributed by atoms with Crippen molar-refractivity contribution in [1.29, 1.82) is 0 Å². The Morgan fingerprint density at radius 1 is 1.27 bits per heavy atom. The van der Waals surface area contributed by atoms with Gasteiger partial charge in [0.15, 0.2) is 0 Å². The highest BCUT2D eigenvalue weighted by atomic mass is 32.2. The summed E-state index contributed by atoms with van der Waals surface area (Å²) >= 11 is 1.51. The van der Waals surface area contributed by atoms with Crippen LogP contribution in [0, 0.1) is 5.82 Å². The smallest absolute Gasteiger partial charge is 0.243 e. The van der Waals surface area contributed by atoms with Gasteiger partial charge in [-0.3, -0.25) is 0 Å². The van der Waals surface area contributed by atoms with Crippen LogP contribution in [0.1, 0.15) is 24.7 Å². The molecule has 0 saturated carbocycles. The third-order valence-electron chi connectivity index (χ3n) is 4.35. The zero-order valence-corrected chi connectivity index (χ0v) is 15.3. The minimum absolute atomic E-state index is 0.0389. The number of nitrogens with zero attached hydrogens (tertiary/aromatic N) is 3. The molecule has 3 heterocycles. The number of rotatable bonds is 4. The summed E-state index contributed by atoms with van der Waals surface area (Å²) in [6, 6.07) is 8.88. The molecule has 0 aliphatic carbocycles. The second-order valence-electron chi connectivity index (χ2n) is 6.09. The average molecular weight is 393 g/mol. The van der Waals surface area contributed by atoms with E-state index in [0.717, 1.165) is 17.4 Å². The van der Waals surface area contributed by atoms with E-state index in [0.29, 0.717) is 24.7 Å². The Labute approximate surface area is 154 Å². The van der Waals surface area contributed by atoms with Crippen molar-refractivity contribution in [1.82, 2.24) is 14.4 Å². The third-order valence-corrected chi connectivity index (χ3v) is 7.08. The third kappa shape index (κ3) is 3.29. The first-order chi connectivity index (χ1) is 12.5. The molecule has 6 nitrogen and oxygen atoms in total. The van der Waals surface area contributed by atoms with Gasteiger partial charge in [-0.25, -0.2) is 12.8 Å². The predicted molar refractivity (Wildman–Crippen MR) is 94.7 cm³/mol. The maximum atomic E-state index is 13.4. The van der Waals surface area contributed by atoms with Crippen LogP contribution >= 0.6 is 11.3 Å². The van der Waals surface area contributed by atoms with Crippen LogP contribution in [-0.4, -0.2) is 36.0 Å². The van der Waals surface area contributed by atoms with Crippen molar-refractivity contribution in [3.63, 3.8) is 0 Å². The summed E-state index contributed by atoms with van der Waals surface area (Å²) < 4.78 is 45.8. The molecule has 0 N–H and O–H groups in total. The molecule has 0 unspecified atom stereocenters. The highest BCUT2D eigenvalue weighted by Crippen LogP contribution is 2.31. The van der Waals surface area contributed by atoms with E-state index in [9.17, 15) is 12.8 Å². The summed E-state index contributed by atoms with van der Waals surface area (Å²) in [6.07, 6.45) is 1.44. The van der Waals surface area contributed by atoms with Crippen molar-refractivity contribution < 1.29 is 17.3 Å². The van der Waals surface area contributed by atoms with Crippen LogP contribution in [-0.2, 0) is 10.0 Å². The van der Waals surface area contributed by atoms with Crippen molar-refractivity contribution in [3.8, 4) is 10.7 Å². The van der Waals surface area contributed by atoms with E-state index in [4.69, 9.17) is 4.52 Å². The van der Waals surface area contributed by atoms with Crippen LogP contribution in [0.15, 0.2) is 51.2 Å². The summed E-state index contributed by atoms with van der Waals surface area (Å²) in [6.45, 7) is 0.631. The van der Waals surface area contributed by atoms with Gasteiger partial charge in [0.2, 0.25) is 21.7 Å². The molecule has 3 aromatic rings. The molecule has 9 heteroatoms. The molecule has 136 valence electrons. The molecule has 1 aliphatic heterocycles. The SMILES string of the molecule is O=S(=O)(c1cccc(F)c1)N1CCC[C@H](c2nc(-c3cccs3)no2)C1. The fraction of sp³-hybridized carbons (Fsp3) is 0.294. The van der Waals surface area contributed by atoms with Crippen molar-refractivity contribution in [3.05, 3.63) is 53.5 Å². The number of thiophene rings is 1. The zero-order chi connectivity index (χ0) is 18.1. The summed E-state index contributed by atoms with van der Waals surface area (Å²) in [5.74, 6) is 0.207. The lowest BCUT2D eigenvalue weighted by Crippen LogP contribution is -2.39. The van der Waals surface area contributed by atoms with Crippen molar-refractivity contribution in [2.24, 2.45) is 0 Å². The Morgan fingerprint density at radius 2 is 2.15 bits per heavy atom. The molecular formula is C17H16FN3O3S2. The highest BCUT2D eigenvalue weighted by Gasteiger charge is 2.33. The molecule has 0 spiro atoms. The molecule has 1 aromatic carbocycles. The first-order valence-corrected chi connectivity index (χ1v) is 10.5. The minimum atomic E-state index is -3.76. The van der Waals surface area contributed by atoms with Crippen LogP contribution in [0.4, 0.5) is 4.39 Å². The molecule has 26 heavy (non-hydrogen) atoms. The van der Waals surface area contributed by atoms with Gasteiger partial charge in [-0.2, -0.15) is 9.29 Å². The number of aromatic nitrogens is 2. The van der Waals surface area contributed by atoms with E-state index >= 15 is 0 Å². The molecule has 1 fully saturated rings. The lowest BCUT2D eigenvalue weighted by atomic mass is 10.00. The first kappa shape index (κ1) is 17.3. The molecule has 4 rings (SSSR count). The standard InChI is InChI=1S/C17H16FN3O3S2/c18-13-5-1-6-14(10-13)26(22,23)21-8-2-4-12(11-21)17-19-16(20-24-17)15-7-3-9-25-15/h1,3,5-7,9-10,12H,2,4,8,11H2/t12-/m0/s1. The second kappa shape index (κ2) is 6.90. The summed E-state index contributed by atoms with van der Waals surface area (Å²) in [4.78, 5) is 5.29. The molecule has 0 amide bonds. The van der Waals surface area contributed by atoms with E-state index in [-0.39, 0.29) is 17.4 Å². The number of benzene rings is 1. The minimum Gasteiger partial charge on any atom is -0.339 e. The monoisotopic (exact) mass is 393 g/mol. The van der Waals surface area contributed by atoms with Gasteiger partial charge < -0.3 is 4.52 Å². The van der Waals surface area contributed by atoms with Crippen LogP contribution in [0.2, 0.25) is 0 Å². The molecule has 1 saturated heterocycles. The van der Waals surface area contributed by atoms with Crippen LogP contribution in [0.25, 0.3) is 10.7 Å². The van der Waals surface area contributed by atoms with E-state index in [1.807, 2.05) is 17.5 Å². The number of hydrogen-bond donors (Lipinski definition) is 0. The number of piperidine rings is 1. The molecular weight excluding hydrogens is 377 g/mol.